The Morgan fingerprint density at radius 1 is 0.871 bits per heavy atom. The molecular formula is C23H30F2N2O4. The van der Waals surface area contributed by atoms with Gasteiger partial charge >= 0.3 is 0 Å². The maximum Gasteiger partial charge on any atom is 0.227 e. The number of aliphatic hydroxyl groups is 2. The molecule has 31 heavy (non-hydrogen) atoms. The Bertz CT molecular complexity index is 747. The predicted octanol–water partition coefficient (Wildman–Crippen LogP) is 2.34. The van der Waals surface area contributed by atoms with Crippen LogP contribution in [0.2, 0.25) is 0 Å². The van der Waals surface area contributed by atoms with Crippen LogP contribution in [0, 0.1) is 11.6 Å². The number of aliphatic hydroxyl groups excluding tert-OH is 2. The van der Waals surface area contributed by atoms with Crippen LogP contribution < -0.4 is 0 Å². The minimum absolute atomic E-state index is 0.240. The second-order valence-corrected chi connectivity index (χ2v) is 7.85. The Kier molecular flexibility index (Phi) is 8.48. The first kappa shape index (κ1) is 23.7. The molecule has 0 amide bonds. The molecule has 2 N–H and O–H groups in total. The summed E-state index contributed by atoms with van der Waals surface area (Å²) in [4.78, 5) is 4.15. The van der Waals surface area contributed by atoms with E-state index in [0.29, 0.717) is 32.7 Å². The summed E-state index contributed by atoms with van der Waals surface area (Å²) in [6.45, 7) is 5.13. The highest BCUT2D eigenvalue weighted by Crippen LogP contribution is 2.25. The van der Waals surface area contributed by atoms with Gasteiger partial charge in [0.25, 0.3) is 0 Å². The van der Waals surface area contributed by atoms with Gasteiger partial charge in [-0.15, -0.1) is 0 Å². The number of benzene rings is 2. The maximum absolute atomic E-state index is 13.2. The van der Waals surface area contributed by atoms with Crippen LogP contribution in [0.5, 0.6) is 0 Å². The third-order valence-electron chi connectivity index (χ3n) is 5.47. The SMILES string of the molecule is CC(OCc1ccc(F)cc1)(OCc1ccc(F)cc1)N1CCN(CC(O)CO)CC1. The molecule has 6 nitrogen and oxygen atoms in total. The number of hydrogen-bond acceptors (Lipinski definition) is 6. The fourth-order valence-electron chi connectivity index (χ4n) is 3.51. The van der Waals surface area contributed by atoms with Gasteiger partial charge in [0.1, 0.15) is 11.6 Å². The molecule has 1 unspecified atom stereocenters. The van der Waals surface area contributed by atoms with Crippen LogP contribution in [0.25, 0.3) is 0 Å². The summed E-state index contributed by atoms with van der Waals surface area (Å²) < 4.78 is 38.8. The van der Waals surface area contributed by atoms with Crippen molar-refractivity contribution in [2.75, 3.05) is 39.3 Å². The van der Waals surface area contributed by atoms with Gasteiger partial charge in [-0.2, -0.15) is 0 Å². The van der Waals surface area contributed by atoms with E-state index in [9.17, 15) is 13.9 Å². The lowest BCUT2D eigenvalue weighted by Crippen LogP contribution is -2.58. The van der Waals surface area contributed by atoms with Crippen molar-refractivity contribution in [3.8, 4) is 0 Å². The molecule has 1 heterocycles. The summed E-state index contributed by atoms with van der Waals surface area (Å²) in [7, 11) is 0. The molecule has 0 saturated carbocycles. The second-order valence-electron chi connectivity index (χ2n) is 7.85. The average Bonchev–Trinajstić information content (AvgIpc) is 2.79. The molecule has 170 valence electrons. The molecule has 2 aromatic carbocycles. The van der Waals surface area contributed by atoms with E-state index in [0.717, 1.165) is 11.1 Å². The van der Waals surface area contributed by atoms with E-state index in [1.807, 2.05) is 6.92 Å². The topological polar surface area (TPSA) is 65.4 Å². The Hall–Kier alpha value is -1.94. The zero-order chi connectivity index (χ0) is 22.3. The molecule has 2 aromatic rings. The second kappa shape index (κ2) is 11.1. The Morgan fingerprint density at radius 2 is 1.32 bits per heavy atom. The molecule has 8 heteroatoms. The Morgan fingerprint density at radius 3 is 1.74 bits per heavy atom. The van der Waals surface area contributed by atoms with Crippen LogP contribution in [0.4, 0.5) is 8.78 Å². The summed E-state index contributed by atoms with van der Waals surface area (Å²) in [5.74, 6) is -1.66. The third kappa shape index (κ3) is 7.03. The van der Waals surface area contributed by atoms with Crippen LogP contribution in [0.3, 0.4) is 0 Å². The largest absolute Gasteiger partial charge is 0.394 e. The molecule has 0 aliphatic carbocycles. The molecule has 0 bridgehead atoms. The van der Waals surface area contributed by atoms with Gasteiger partial charge in [0.2, 0.25) is 5.91 Å². The monoisotopic (exact) mass is 436 g/mol. The number of rotatable bonds is 10. The lowest BCUT2D eigenvalue weighted by atomic mass is 10.2. The van der Waals surface area contributed by atoms with Crippen molar-refractivity contribution in [1.29, 1.82) is 0 Å². The van der Waals surface area contributed by atoms with E-state index in [4.69, 9.17) is 14.6 Å². The molecule has 3 rings (SSSR count). The van der Waals surface area contributed by atoms with E-state index < -0.39 is 12.0 Å². The van der Waals surface area contributed by atoms with Crippen molar-refractivity contribution < 1.29 is 28.5 Å². The van der Waals surface area contributed by atoms with Gasteiger partial charge in [0, 0.05) is 39.6 Å². The summed E-state index contributed by atoms with van der Waals surface area (Å²) >= 11 is 0. The first-order valence-corrected chi connectivity index (χ1v) is 10.4. The Balaban J connectivity index is 1.65. The van der Waals surface area contributed by atoms with E-state index in [1.54, 1.807) is 24.3 Å². The number of hydrogen-bond donors (Lipinski definition) is 2. The lowest BCUT2D eigenvalue weighted by molar-refractivity contribution is -0.322. The van der Waals surface area contributed by atoms with Gasteiger partial charge in [0.05, 0.1) is 25.9 Å². The molecule has 1 aliphatic heterocycles. The number of β-amino-alcohol motifs (C(OH)–C–C–N with tert-alkyl or cyclic N) is 1. The van der Waals surface area contributed by atoms with Crippen molar-refractivity contribution in [3.05, 3.63) is 71.3 Å². The van der Waals surface area contributed by atoms with Crippen molar-refractivity contribution in [3.63, 3.8) is 0 Å². The molecule has 1 fully saturated rings. The van der Waals surface area contributed by atoms with Gasteiger partial charge in [-0.3, -0.25) is 9.80 Å². The summed E-state index contributed by atoms with van der Waals surface area (Å²) in [5, 5.41) is 18.8. The standard InChI is InChI=1S/C23H30F2N2O4/c1-23(30-16-18-2-6-20(24)7-3-18,31-17-19-4-8-21(25)9-5-19)27-12-10-26(11-13-27)14-22(29)15-28/h2-9,22,28-29H,10-17H2,1H3. The van der Waals surface area contributed by atoms with Gasteiger partial charge in [0.15, 0.2) is 0 Å². The number of ether oxygens (including phenoxy) is 2. The van der Waals surface area contributed by atoms with Crippen molar-refractivity contribution in [2.45, 2.75) is 32.2 Å². The summed E-state index contributed by atoms with van der Waals surface area (Å²) in [6.07, 6.45) is -0.762. The lowest BCUT2D eigenvalue weighted by Gasteiger charge is -2.45. The van der Waals surface area contributed by atoms with Crippen molar-refractivity contribution in [2.24, 2.45) is 0 Å². The first-order valence-electron chi connectivity index (χ1n) is 10.4. The smallest absolute Gasteiger partial charge is 0.227 e. The molecule has 1 atom stereocenters. The normalized spacial score (nSPS) is 17.1. The molecule has 1 saturated heterocycles. The van der Waals surface area contributed by atoms with Crippen LogP contribution in [-0.4, -0.2) is 71.4 Å². The van der Waals surface area contributed by atoms with Crippen LogP contribution in [0.1, 0.15) is 18.1 Å². The van der Waals surface area contributed by atoms with Gasteiger partial charge in [-0.1, -0.05) is 24.3 Å². The van der Waals surface area contributed by atoms with Gasteiger partial charge in [-0.05, 0) is 35.4 Å². The summed E-state index contributed by atoms with van der Waals surface area (Å²) in [5.41, 5.74) is 1.64. The molecule has 0 spiro atoms. The fraction of sp³-hybridized carbons (Fsp3) is 0.478. The molecule has 0 aromatic heterocycles. The van der Waals surface area contributed by atoms with Gasteiger partial charge in [-0.25, -0.2) is 8.78 Å². The number of halogens is 2. The predicted molar refractivity (Wildman–Crippen MR) is 112 cm³/mol. The minimum atomic E-state index is -1.05. The van der Waals surface area contributed by atoms with E-state index in [-0.39, 0.29) is 31.5 Å². The zero-order valence-electron chi connectivity index (χ0n) is 17.7. The fourth-order valence-corrected chi connectivity index (χ4v) is 3.51. The Labute approximate surface area is 181 Å². The highest BCUT2D eigenvalue weighted by Gasteiger charge is 2.36. The molecule has 1 aliphatic rings. The first-order chi connectivity index (χ1) is 14.9. The van der Waals surface area contributed by atoms with Gasteiger partial charge < -0.3 is 19.7 Å². The minimum Gasteiger partial charge on any atom is -0.394 e. The van der Waals surface area contributed by atoms with Crippen molar-refractivity contribution >= 4 is 0 Å². The quantitative estimate of drug-likeness (QED) is 0.558. The summed E-state index contributed by atoms with van der Waals surface area (Å²) in [6, 6.07) is 12.2. The maximum atomic E-state index is 13.2. The van der Waals surface area contributed by atoms with Crippen LogP contribution >= 0.6 is 0 Å². The van der Waals surface area contributed by atoms with E-state index in [1.165, 1.54) is 24.3 Å². The highest BCUT2D eigenvalue weighted by atomic mass is 19.1. The average molecular weight is 436 g/mol. The highest BCUT2D eigenvalue weighted by molar-refractivity contribution is 5.16. The van der Waals surface area contributed by atoms with Crippen molar-refractivity contribution in [1.82, 2.24) is 9.80 Å². The van der Waals surface area contributed by atoms with Crippen LogP contribution in [-0.2, 0) is 22.7 Å². The number of nitrogens with zero attached hydrogens (tertiary/aromatic N) is 2. The molecule has 0 radical (unpaired) electrons. The van der Waals surface area contributed by atoms with E-state index >= 15 is 0 Å². The van der Waals surface area contributed by atoms with E-state index in [2.05, 4.69) is 9.80 Å². The zero-order valence-corrected chi connectivity index (χ0v) is 17.7. The third-order valence-corrected chi connectivity index (χ3v) is 5.47. The number of piperazine rings is 1. The van der Waals surface area contributed by atoms with Crippen LogP contribution in [0.15, 0.2) is 48.5 Å². The molecular weight excluding hydrogens is 406 g/mol.